The average molecular weight is 468 g/mol. The van der Waals surface area contributed by atoms with E-state index in [1.54, 1.807) is 7.11 Å². The van der Waals surface area contributed by atoms with Crippen LogP contribution in [0.5, 0.6) is 5.75 Å². The van der Waals surface area contributed by atoms with Gasteiger partial charge in [0, 0.05) is 27.7 Å². The van der Waals surface area contributed by atoms with E-state index in [2.05, 4.69) is 127 Å². The number of H-pyrrole nitrogens is 1. The average Bonchev–Trinajstić information content (AvgIpc) is 3.59. The Kier molecular flexibility index (Phi) is 5.58. The molecule has 0 aliphatic heterocycles. The van der Waals surface area contributed by atoms with Crippen LogP contribution in [0.4, 0.5) is 0 Å². The molecular formula is C34H29NO. The second-order valence-electron chi connectivity index (χ2n) is 9.43. The predicted octanol–water partition coefficient (Wildman–Crippen LogP) is 8.37. The summed E-state index contributed by atoms with van der Waals surface area (Å²) < 4.78 is 6.04. The Morgan fingerprint density at radius 2 is 1.58 bits per heavy atom. The first-order valence-corrected chi connectivity index (χ1v) is 12.5. The van der Waals surface area contributed by atoms with Crippen LogP contribution in [0.25, 0.3) is 22.0 Å². The van der Waals surface area contributed by atoms with Crippen LogP contribution in [0.15, 0.2) is 127 Å². The Bertz CT molecular complexity index is 1610. The Hall–Kier alpha value is -4.30. The van der Waals surface area contributed by atoms with Gasteiger partial charge in [0.05, 0.1) is 12.5 Å². The molecule has 0 saturated carbocycles. The van der Waals surface area contributed by atoms with E-state index in [0.29, 0.717) is 0 Å². The van der Waals surface area contributed by atoms with Crippen LogP contribution in [0.1, 0.15) is 28.8 Å². The fourth-order valence-electron chi connectivity index (χ4n) is 5.84. The second kappa shape index (κ2) is 9.05. The monoisotopic (exact) mass is 467 g/mol. The van der Waals surface area contributed by atoms with E-state index in [1.165, 1.54) is 38.9 Å². The lowest BCUT2D eigenvalue weighted by Gasteiger charge is -2.38. The zero-order valence-electron chi connectivity index (χ0n) is 20.7. The van der Waals surface area contributed by atoms with Crippen molar-refractivity contribution < 1.29 is 4.74 Å². The highest BCUT2D eigenvalue weighted by Gasteiger charge is 2.45. The number of allylic oxidation sites excluding steroid dienone is 4. The first-order chi connectivity index (χ1) is 17.7. The topological polar surface area (TPSA) is 25.0 Å². The third-order valence-electron chi connectivity index (χ3n) is 7.36. The summed E-state index contributed by atoms with van der Waals surface area (Å²) in [5.74, 6) is 0.879. The summed E-state index contributed by atoms with van der Waals surface area (Å²) in [6.07, 6.45) is 7.59. The lowest BCUT2D eigenvalue weighted by molar-refractivity contribution is 0.404. The summed E-state index contributed by atoms with van der Waals surface area (Å²) in [7, 11) is 1.77. The number of aromatic amines is 1. The predicted molar refractivity (Wildman–Crippen MR) is 150 cm³/mol. The van der Waals surface area contributed by atoms with Gasteiger partial charge in [-0.1, -0.05) is 115 Å². The summed E-state index contributed by atoms with van der Waals surface area (Å²) in [5, 5.41) is 1.22. The van der Waals surface area contributed by atoms with Crippen molar-refractivity contribution in [1.82, 2.24) is 4.98 Å². The van der Waals surface area contributed by atoms with Crippen molar-refractivity contribution in [3.05, 3.63) is 149 Å². The molecule has 0 amide bonds. The van der Waals surface area contributed by atoms with Gasteiger partial charge in [0.15, 0.2) is 0 Å². The van der Waals surface area contributed by atoms with Crippen LogP contribution in [0.3, 0.4) is 0 Å². The Labute approximate surface area is 212 Å². The van der Waals surface area contributed by atoms with Gasteiger partial charge in [-0.25, -0.2) is 0 Å². The number of hydrogen-bond donors (Lipinski definition) is 1. The molecule has 6 rings (SSSR count). The Morgan fingerprint density at radius 1 is 0.806 bits per heavy atom. The highest BCUT2D eigenvalue weighted by Crippen LogP contribution is 2.54. The summed E-state index contributed by atoms with van der Waals surface area (Å²) in [5.41, 5.74) is 9.06. The lowest BCUT2D eigenvalue weighted by Crippen LogP contribution is -2.33. The smallest absolute Gasteiger partial charge is 0.123 e. The molecule has 1 aliphatic rings. The number of aromatic nitrogens is 1. The maximum Gasteiger partial charge on any atom is 0.123 e. The Balaban J connectivity index is 1.83. The van der Waals surface area contributed by atoms with Crippen LogP contribution in [0, 0.1) is 6.92 Å². The third-order valence-corrected chi connectivity index (χ3v) is 7.36. The minimum Gasteiger partial charge on any atom is -0.496 e. The third kappa shape index (κ3) is 3.41. The molecule has 36 heavy (non-hydrogen) atoms. The number of nitrogens with one attached hydrogen (secondary N) is 1. The van der Waals surface area contributed by atoms with Crippen LogP contribution >= 0.6 is 0 Å². The van der Waals surface area contributed by atoms with Crippen LogP contribution in [-0.2, 0) is 5.41 Å². The van der Waals surface area contributed by atoms with E-state index in [4.69, 9.17) is 4.74 Å². The fraction of sp³-hybridized carbons (Fsp3) is 0.118. The summed E-state index contributed by atoms with van der Waals surface area (Å²) in [6, 6.07) is 36.8. The molecule has 0 fully saturated rings. The minimum atomic E-state index is -0.577. The SMILES string of the molecule is COc1ccccc1[C@](C1=CC=CC1)(c1cccc(C)c1)c1[nH]c2ccccc2c1-c1ccccc1. The van der Waals surface area contributed by atoms with Gasteiger partial charge >= 0.3 is 0 Å². The van der Waals surface area contributed by atoms with Crippen LogP contribution in [-0.4, -0.2) is 12.1 Å². The molecule has 0 spiro atoms. The van der Waals surface area contributed by atoms with Crippen molar-refractivity contribution >= 4 is 10.9 Å². The van der Waals surface area contributed by atoms with Crippen molar-refractivity contribution in [2.24, 2.45) is 0 Å². The number of hydrogen-bond acceptors (Lipinski definition) is 1. The number of methoxy groups -OCH3 is 1. The van der Waals surface area contributed by atoms with E-state index in [0.717, 1.165) is 23.3 Å². The maximum absolute atomic E-state index is 6.04. The van der Waals surface area contributed by atoms with Gasteiger partial charge in [-0.05, 0) is 42.2 Å². The second-order valence-corrected chi connectivity index (χ2v) is 9.43. The number of rotatable bonds is 6. The van der Waals surface area contributed by atoms with Gasteiger partial charge < -0.3 is 9.72 Å². The number of para-hydroxylation sites is 2. The van der Waals surface area contributed by atoms with Crippen molar-refractivity contribution in [2.75, 3.05) is 7.11 Å². The van der Waals surface area contributed by atoms with Crippen molar-refractivity contribution in [1.29, 1.82) is 0 Å². The normalized spacial score (nSPS) is 14.6. The molecule has 1 N–H and O–H groups in total. The number of benzene rings is 4. The van der Waals surface area contributed by atoms with E-state index in [9.17, 15) is 0 Å². The van der Waals surface area contributed by atoms with Crippen LogP contribution < -0.4 is 4.74 Å². The molecule has 1 heterocycles. The fourth-order valence-corrected chi connectivity index (χ4v) is 5.84. The van der Waals surface area contributed by atoms with Gasteiger partial charge in [0.1, 0.15) is 5.75 Å². The highest BCUT2D eigenvalue weighted by molar-refractivity contribution is 5.99. The zero-order valence-corrected chi connectivity index (χ0v) is 20.7. The number of ether oxygens (including phenoxy) is 1. The molecule has 2 heteroatoms. The molecule has 0 bridgehead atoms. The van der Waals surface area contributed by atoms with E-state index in [-0.39, 0.29) is 0 Å². The van der Waals surface area contributed by atoms with Gasteiger partial charge in [-0.15, -0.1) is 0 Å². The van der Waals surface area contributed by atoms with Crippen LogP contribution in [0.2, 0.25) is 0 Å². The zero-order chi connectivity index (χ0) is 24.5. The molecule has 5 aromatic rings. The molecule has 176 valence electrons. The number of fused-ring (bicyclic) bond motifs is 1. The summed E-state index contributed by atoms with van der Waals surface area (Å²) in [4.78, 5) is 3.92. The van der Waals surface area contributed by atoms with Gasteiger partial charge in [0.25, 0.3) is 0 Å². The standard InChI is InChI=1S/C34H29NO/c1-24-13-12-18-27(23-24)34(26-16-6-7-17-26,29-20-9-11-22-31(29)36-2)33-32(25-14-4-3-5-15-25)28-19-8-10-21-30(28)35-33/h3-16,18-23,35H,17H2,1-2H3/t34-/m0/s1. The van der Waals surface area contributed by atoms with Gasteiger partial charge in [-0.2, -0.15) is 0 Å². The first kappa shape index (κ1) is 22.2. The molecule has 1 aliphatic carbocycles. The molecule has 0 unspecified atom stereocenters. The quantitative estimate of drug-likeness (QED) is 0.267. The minimum absolute atomic E-state index is 0.577. The van der Waals surface area contributed by atoms with Gasteiger partial charge in [0.2, 0.25) is 0 Å². The van der Waals surface area contributed by atoms with Gasteiger partial charge in [-0.3, -0.25) is 0 Å². The van der Waals surface area contributed by atoms with E-state index in [1.807, 2.05) is 6.07 Å². The largest absolute Gasteiger partial charge is 0.496 e. The molecule has 0 saturated heterocycles. The summed E-state index contributed by atoms with van der Waals surface area (Å²) in [6.45, 7) is 2.17. The first-order valence-electron chi connectivity index (χ1n) is 12.5. The molecule has 4 aromatic carbocycles. The maximum atomic E-state index is 6.04. The van der Waals surface area contributed by atoms with E-state index < -0.39 is 5.41 Å². The van der Waals surface area contributed by atoms with Crippen molar-refractivity contribution in [3.8, 4) is 16.9 Å². The van der Waals surface area contributed by atoms with Crippen molar-refractivity contribution in [2.45, 2.75) is 18.8 Å². The number of aryl methyl sites for hydroxylation is 1. The molecule has 1 atom stereocenters. The molecule has 1 aromatic heterocycles. The lowest BCUT2D eigenvalue weighted by atomic mass is 9.64. The van der Waals surface area contributed by atoms with Crippen molar-refractivity contribution in [3.63, 3.8) is 0 Å². The van der Waals surface area contributed by atoms with E-state index >= 15 is 0 Å². The Morgan fingerprint density at radius 3 is 2.36 bits per heavy atom. The summed E-state index contributed by atoms with van der Waals surface area (Å²) >= 11 is 0. The molecular weight excluding hydrogens is 438 g/mol. The highest BCUT2D eigenvalue weighted by atomic mass is 16.5. The molecule has 0 radical (unpaired) electrons. The molecule has 2 nitrogen and oxygen atoms in total.